The smallest absolute Gasteiger partial charge is 0.122 e. The minimum Gasteiger partial charge on any atom is -0.384 e. The highest BCUT2D eigenvalue weighted by Gasteiger charge is 2.04. The van der Waals surface area contributed by atoms with Crippen molar-refractivity contribution in [3.63, 3.8) is 0 Å². The van der Waals surface area contributed by atoms with Gasteiger partial charge in [0.25, 0.3) is 0 Å². The van der Waals surface area contributed by atoms with Gasteiger partial charge in [0.15, 0.2) is 0 Å². The predicted octanol–water partition coefficient (Wildman–Crippen LogP) is 2.95. The second kappa shape index (κ2) is 4.19. The number of nitrogen functional groups attached to an aromatic ring is 1. The van der Waals surface area contributed by atoms with Crippen molar-refractivity contribution < 1.29 is 0 Å². The monoisotopic (exact) mass is 210 g/mol. The minimum absolute atomic E-state index is 0.109. The van der Waals surface area contributed by atoms with E-state index in [1.807, 2.05) is 36.4 Å². The van der Waals surface area contributed by atoms with Crippen molar-refractivity contribution in [2.45, 2.75) is 6.92 Å². The summed E-state index contributed by atoms with van der Waals surface area (Å²) in [5.74, 6) is 0.109. The molecule has 0 aliphatic heterocycles. The quantitative estimate of drug-likeness (QED) is 0.581. The molecule has 3 N–H and O–H groups in total. The van der Waals surface area contributed by atoms with Crippen molar-refractivity contribution in [3.8, 4) is 11.1 Å². The SMILES string of the molecule is Cc1ccc(C(=N)N)cc1-c1ccccc1. The molecule has 0 unspecified atom stereocenters. The summed E-state index contributed by atoms with van der Waals surface area (Å²) >= 11 is 0. The molecular formula is C14H14N2. The summed E-state index contributed by atoms with van der Waals surface area (Å²) in [7, 11) is 0. The van der Waals surface area contributed by atoms with E-state index in [1.165, 1.54) is 5.56 Å². The van der Waals surface area contributed by atoms with E-state index >= 15 is 0 Å². The van der Waals surface area contributed by atoms with Gasteiger partial charge in [0.1, 0.15) is 5.84 Å². The number of nitrogens with two attached hydrogens (primary N) is 1. The molecule has 2 heteroatoms. The Labute approximate surface area is 95.2 Å². The molecule has 16 heavy (non-hydrogen) atoms. The van der Waals surface area contributed by atoms with Crippen LogP contribution >= 0.6 is 0 Å². The summed E-state index contributed by atoms with van der Waals surface area (Å²) in [6, 6.07) is 16.0. The van der Waals surface area contributed by atoms with Gasteiger partial charge in [0.2, 0.25) is 0 Å². The number of rotatable bonds is 2. The van der Waals surface area contributed by atoms with E-state index in [0.29, 0.717) is 0 Å². The zero-order valence-electron chi connectivity index (χ0n) is 9.20. The van der Waals surface area contributed by atoms with Crippen LogP contribution in [0.4, 0.5) is 0 Å². The van der Waals surface area contributed by atoms with E-state index in [2.05, 4.69) is 19.1 Å². The van der Waals surface area contributed by atoms with Crippen LogP contribution < -0.4 is 5.73 Å². The summed E-state index contributed by atoms with van der Waals surface area (Å²) < 4.78 is 0. The Bertz CT molecular complexity index is 516. The Morgan fingerprint density at radius 1 is 1.06 bits per heavy atom. The Morgan fingerprint density at radius 3 is 2.38 bits per heavy atom. The molecule has 0 radical (unpaired) electrons. The van der Waals surface area contributed by atoms with Crippen LogP contribution in [0.2, 0.25) is 0 Å². The van der Waals surface area contributed by atoms with Gasteiger partial charge in [0.05, 0.1) is 0 Å². The third kappa shape index (κ3) is 1.96. The summed E-state index contributed by atoms with van der Waals surface area (Å²) in [6.07, 6.45) is 0. The number of aryl methyl sites for hydroxylation is 1. The Hall–Kier alpha value is -2.09. The van der Waals surface area contributed by atoms with Gasteiger partial charge in [-0.15, -0.1) is 0 Å². The van der Waals surface area contributed by atoms with Gasteiger partial charge in [0, 0.05) is 5.56 Å². The predicted molar refractivity (Wildman–Crippen MR) is 67.6 cm³/mol. The molecule has 0 spiro atoms. The first-order valence-electron chi connectivity index (χ1n) is 5.19. The van der Waals surface area contributed by atoms with Crippen molar-refractivity contribution >= 4 is 5.84 Å². The maximum atomic E-state index is 7.44. The van der Waals surface area contributed by atoms with E-state index in [9.17, 15) is 0 Å². The van der Waals surface area contributed by atoms with Gasteiger partial charge >= 0.3 is 0 Å². The number of amidine groups is 1. The molecule has 0 aliphatic carbocycles. The highest BCUT2D eigenvalue weighted by Crippen LogP contribution is 2.24. The second-order valence-corrected chi connectivity index (χ2v) is 3.81. The summed E-state index contributed by atoms with van der Waals surface area (Å²) in [5, 5.41) is 7.44. The van der Waals surface area contributed by atoms with Gasteiger partial charge in [-0.05, 0) is 29.7 Å². The molecule has 2 aromatic rings. The van der Waals surface area contributed by atoms with Gasteiger partial charge in [-0.1, -0.05) is 42.5 Å². The molecule has 0 atom stereocenters. The molecule has 0 aromatic heterocycles. The molecule has 0 saturated heterocycles. The Kier molecular flexibility index (Phi) is 2.73. The van der Waals surface area contributed by atoms with Crippen molar-refractivity contribution in [3.05, 3.63) is 59.7 Å². The maximum absolute atomic E-state index is 7.44. The number of hydrogen-bond donors (Lipinski definition) is 2. The minimum atomic E-state index is 0.109. The van der Waals surface area contributed by atoms with Crippen LogP contribution in [0.1, 0.15) is 11.1 Å². The lowest BCUT2D eigenvalue weighted by Gasteiger charge is -2.08. The van der Waals surface area contributed by atoms with Gasteiger partial charge in [-0.25, -0.2) is 0 Å². The standard InChI is InChI=1S/C14H14N2/c1-10-7-8-12(14(15)16)9-13(10)11-5-3-2-4-6-11/h2-9H,1H3,(H3,15,16). The molecule has 80 valence electrons. The highest BCUT2D eigenvalue weighted by atomic mass is 14.7. The molecule has 0 fully saturated rings. The van der Waals surface area contributed by atoms with Crippen LogP contribution in [0.5, 0.6) is 0 Å². The zero-order valence-corrected chi connectivity index (χ0v) is 9.20. The van der Waals surface area contributed by atoms with E-state index in [4.69, 9.17) is 11.1 Å². The number of nitrogens with one attached hydrogen (secondary N) is 1. The van der Waals surface area contributed by atoms with Crippen LogP contribution in [-0.4, -0.2) is 5.84 Å². The molecule has 0 heterocycles. The first kappa shape index (κ1) is 10.4. The van der Waals surface area contributed by atoms with Crippen LogP contribution in [-0.2, 0) is 0 Å². The van der Waals surface area contributed by atoms with Crippen LogP contribution in [0.15, 0.2) is 48.5 Å². The van der Waals surface area contributed by atoms with Crippen LogP contribution in [0.25, 0.3) is 11.1 Å². The van der Waals surface area contributed by atoms with E-state index < -0.39 is 0 Å². The molecular weight excluding hydrogens is 196 g/mol. The molecule has 2 rings (SSSR count). The van der Waals surface area contributed by atoms with Crippen molar-refractivity contribution in [2.24, 2.45) is 5.73 Å². The fourth-order valence-corrected chi connectivity index (χ4v) is 1.72. The maximum Gasteiger partial charge on any atom is 0.122 e. The normalized spacial score (nSPS) is 10.1. The second-order valence-electron chi connectivity index (χ2n) is 3.81. The van der Waals surface area contributed by atoms with Gasteiger partial charge in [-0.2, -0.15) is 0 Å². The first-order valence-corrected chi connectivity index (χ1v) is 5.19. The largest absolute Gasteiger partial charge is 0.384 e. The van der Waals surface area contributed by atoms with Crippen LogP contribution in [0, 0.1) is 12.3 Å². The summed E-state index contributed by atoms with van der Waals surface area (Å²) in [6.45, 7) is 2.06. The topological polar surface area (TPSA) is 49.9 Å². The van der Waals surface area contributed by atoms with E-state index in [0.717, 1.165) is 16.7 Å². The summed E-state index contributed by atoms with van der Waals surface area (Å²) in [4.78, 5) is 0. The number of benzene rings is 2. The third-order valence-corrected chi connectivity index (χ3v) is 2.63. The lowest BCUT2D eigenvalue weighted by atomic mass is 9.98. The van der Waals surface area contributed by atoms with Crippen molar-refractivity contribution in [1.82, 2.24) is 0 Å². The molecule has 0 aliphatic rings. The fraction of sp³-hybridized carbons (Fsp3) is 0.0714. The van der Waals surface area contributed by atoms with Crippen molar-refractivity contribution in [1.29, 1.82) is 5.41 Å². The lowest BCUT2D eigenvalue weighted by molar-refractivity contribution is 1.39. The fourth-order valence-electron chi connectivity index (χ4n) is 1.72. The Balaban J connectivity index is 2.56. The lowest BCUT2D eigenvalue weighted by Crippen LogP contribution is -2.11. The molecule has 0 bridgehead atoms. The average Bonchev–Trinajstić information content (AvgIpc) is 2.30. The zero-order chi connectivity index (χ0) is 11.5. The first-order chi connectivity index (χ1) is 7.68. The average molecular weight is 210 g/mol. The van der Waals surface area contributed by atoms with Crippen molar-refractivity contribution in [2.75, 3.05) is 0 Å². The number of hydrogen-bond acceptors (Lipinski definition) is 1. The summed E-state index contributed by atoms with van der Waals surface area (Å²) in [5.41, 5.74) is 9.74. The molecule has 2 aromatic carbocycles. The Morgan fingerprint density at radius 2 is 1.75 bits per heavy atom. The third-order valence-electron chi connectivity index (χ3n) is 2.63. The molecule has 0 amide bonds. The molecule has 2 nitrogen and oxygen atoms in total. The molecule has 0 saturated carbocycles. The van der Waals surface area contributed by atoms with Gasteiger partial charge < -0.3 is 5.73 Å². The van der Waals surface area contributed by atoms with E-state index in [-0.39, 0.29) is 5.84 Å². The highest BCUT2D eigenvalue weighted by molar-refractivity contribution is 5.96. The van der Waals surface area contributed by atoms with Crippen LogP contribution in [0.3, 0.4) is 0 Å². The van der Waals surface area contributed by atoms with Gasteiger partial charge in [-0.3, -0.25) is 5.41 Å². The van der Waals surface area contributed by atoms with E-state index in [1.54, 1.807) is 0 Å².